The van der Waals surface area contributed by atoms with E-state index in [9.17, 15) is 0 Å². The van der Waals surface area contributed by atoms with E-state index in [2.05, 4.69) is 0 Å². The van der Waals surface area contributed by atoms with Crippen LogP contribution in [-0.4, -0.2) is 12.2 Å². The quantitative estimate of drug-likeness (QED) is 0.446. The Morgan fingerprint density at radius 3 is 1.89 bits per heavy atom. The Balaban J connectivity index is 1.79. The number of rotatable bonds is 0. The Morgan fingerprint density at radius 2 is 1.44 bits per heavy atom. The van der Waals surface area contributed by atoms with Gasteiger partial charge >= 0.3 is 0 Å². The van der Waals surface area contributed by atoms with Gasteiger partial charge in [0.1, 0.15) is 0 Å². The molecule has 1 heterocycles. The third kappa shape index (κ3) is 0.536. The highest BCUT2D eigenvalue weighted by atomic mass is 16.6. The molecule has 4 unspecified atom stereocenters. The zero-order valence-corrected chi connectivity index (χ0v) is 5.55. The second-order valence-electron chi connectivity index (χ2n) is 3.78. The molecule has 1 nitrogen and oxygen atoms in total. The van der Waals surface area contributed by atoms with Crippen molar-refractivity contribution in [1.82, 2.24) is 0 Å². The topological polar surface area (TPSA) is 12.5 Å². The maximum absolute atomic E-state index is 5.46. The molecule has 50 valence electrons. The van der Waals surface area contributed by atoms with Crippen LogP contribution in [0, 0.1) is 11.8 Å². The highest BCUT2D eigenvalue weighted by Crippen LogP contribution is 2.51. The molecule has 1 heteroatoms. The molecule has 3 aliphatic rings. The summed E-state index contributed by atoms with van der Waals surface area (Å²) in [5, 5.41) is 0. The fourth-order valence-corrected chi connectivity index (χ4v) is 2.45. The molecule has 0 N–H and O–H groups in total. The molecule has 0 spiro atoms. The molecule has 9 heavy (non-hydrogen) atoms. The van der Waals surface area contributed by atoms with E-state index in [-0.39, 0.29) is 0 Å². The van der Waals surface area contributed by atoms with Gasteiger partial charge in [0.15, 0.2) is 0 Å². The van der Waals surface area contributed by atoms with E-state index in [0.29, 0.717) is 12.2 Å². The van der Waals surface area contributed by atoms with Crippen LogP contribution in [0.4, 0.5) is 0 Å². The van der Waals surface area contributed by atoms with Crippen LogP contribution in [0.5, 0.6) is 0 Å². The van der Waals surface area contributed by atoms with Gasteiger partial charge in [-0.1, -0.05) is 0 Å². The van der Waals surface area contributed by atoms with Crippen molar-refractivity contribution in [3.8, 4) is 0 Å². The molecule has 0 bridgehead atoms. The van der Waals surface area contributed by atoms with Gasteiger partial charge in [-0.05, 0) is 37.5 Å². The van der Waals surface area contributed by atoms with Crippen molar-refractivity contribution in [3.63, 3.8) is 0 Å². The van der Waals surface area contributed by atoms with Crippen LogP contribution in [-0.2, 0) is 4.74 Å². The summed E-state index contributed by atoms with van der Waals surface area (Å²) in [6.07, 6.45) is 7.22. The van der Waals surface area contributed by atoms with E-state index in [1.807, 2.05) is 0 Å². The first-order valence-corrected chi connectivity index (χ1v) is 4.09. The van der Waals surface area contributed by atoms with E-state index in [1.54, 1.807) is 0 Å². The van der Waals surface area contributed by atoms with E-state index in [1.165, 1.54) is 25.7 Å². The molecule has 3 fully saturated rings. The zero-order chi connectivity index (χ0) is 5.84. The van der Waals surface area contributed by atoms with Gasteiger partial charge in [-0.15, -0.1) is 0 Å². The van der Waals surface area contributed by atoms with Crippen molar-refractivity contribution >= 4 is 0 Å². The summed E-state index contributed by atoms with van der Waals surface area (Å²) in [5.41, 5.74) is 0. The van der Waals surface area contributed by atoms with Crippen molar-refractivity contribution in [1.29, 1.82) is 0 Å². The molecular weight excluding hydrogens is 112 g/mol. The predicted molar refractivity (Wildman–Crippen MR) is 34.1 cm³/mol. The maximum Gasteiger partial charge on any atom is 0.0844 e. The molecular formula is C8H12O. The summed E-state index contributed by atoms with van der Waals surface area (Å²) in [7, 11) is 0. The van der Waals surface area contributed by atoms with Crippen LogP contribution in [0.25, 0.3) is 0 Å². The fraction of sp³-hybridized carbons (Fsp3) is 1.00. The second kappa shape index (κ2) is 1.34. The smallest absolute Gasteiger partial charge is 0.0844 e. The lowest BCUT2D eigenvalue weighted by atomic mass is 9.66. The first-order valence-electron chi connectivity index (χ1n) is 4.09. The van der Waals surface area contributed by atoms with E-state index in [4.69, 9.17) is 4.74 Å². The lowest BCUT2D eigenvalue weighted by Crippen LogP contribution is -2.32. The lowest BCUT2D eigenvalue weighted by molar-refractivity contribution is 0.133. The zero-order valence-electron chi connectivity index (χ0n) is 5.55. The molecule has 4 atom stereocenters. The van der Waals surface area contributed by atoms with Crippen LogP contribution >= 0.6 is 0 Å². The Morgan fingerprint density at radius 1 is 0.889 bits per heavy atom. The first-order chi connectivity index (χ1) is 4.43. The molecule has 1 aliphatic heterocycles. The molecule has 0 amide bonds. The number of hydrogen-bond acceptors (Lipinski definition) is 1. The minimum atomic E-state index is 0.714. The minimum Gasteiger partial charge on any atom is -0.370 e. The Hall–Kier alpha value is -0.0400. The van der Waals surface area contributed by atoms with Crippen LogP contribution in [0.2, 0.25) is 0 Å². The van der Waals surface area contributed by atoms with Crippen molar-refractivity contribution in [2.24, 2.45) is 11.8 Å². The average molecular weight is 124 g/mol. The monoisotopic (exact) mass is 124 g/mol. The molecule has 0 aromatic carbocycles. The van der Waals surface area contributed by atoms with Gasteiger partial charge in [-0.2, -0.15) is 0 Å². The van der Waals surface area contributed by atoms with Crippen molar-refractivity contribution in [2.45, 2.75) is 37.9 Å². The summed E-state index contributed by atoms with van der Waals surface area (Å²) < 4.78 is 5.46. The fourth-order valence-electron chi connectivity index (χ4n) is 2.45. The minimum absolute atomic E-state index is 0.714. The summed E-state index contributed by atoms with van der Waals surface area (Å²) in [4.78, 5) is 0. The Kier molecular flexibility index (Phi) is 0.704. The summed E-state index contributed by atoms with van der Waals surface area (Å²) in [5.74, 6) is 2.16. The third-order valence-corrected chi connectivity index (χ3v) is 3.33. The van der Waals surface area contributed by atoms with Crippen molar-refractivity contribution < 1.29 is 4.74 Å². The standard InChI is InChI=1S/C8H12O/c1-2-6-4-8-7(9-8)3-5(1)6/h5-8H,1-4H2. The Labute approximate surface area is 55.4 Å². The van der Waals surface area contributed by atoms with E-state index in [0.717, 1.165) is 11.8 Å². The summed E-state index contributed by atoms with van der Waals surface area (Å²) >= 11 is 0. The molecule has 1 saturated heterocycles. The van der Waals surface area contributed by atoms with Gasteiger partial charge in [0, 0.05) is 0 Å². The Bertz CT molecular complexity index is 128. The normalized spacial score (nSPS) is 61.3. The molecule has 2 saturated carbocycles. The van der Waals surface area contributed by atoms with Crippen LogP contribution in [0.1, 0.15) is 25.7 Å². The summed E-state index contributed by atoms with van der Waals surface area (Å²) in [6, 6.07) is 0. The van der Waals surface area contributed by atoms with Gasteiger partial charge in [0.05, 0.1) is 12.2 Å². The van der Waals surface area contributed by atoms with Crippen LogP contribution in [0.15, 0.2) is 0 Å². The van der Waals surface area contributed by atoms with Gasteiger partial charge in [-0.25, -0.2) is 0 Å². The summed E-state index contributed by atoms with van der Waals surface area (Å²) in [6.45, 7) is 0. The predicted octanol–water partition coefficient (Wildman–Crippen LogP) is 1.57. The average Bonchev–Trinajstić information content (AvgIpc) is 2.53. The van der Waals surface area contributed by atoms with Gasteiger partial charge in [0.25, 0.3) is 0 Å². The van der Waals surface area contributed by atoms with Gasteiger partial charge in [0.2, 0.25) is 0 Å². The van der Waals surface area contributed by atoms with E-state index >= 15 is 0 Å². The third-order valence-electron chi connectivity index (χ3n) is 3.33. The van der Waals surface area contributed by atoms with Gasteiger partial charge in [-0.3, -0.25) is 0 Å². The van der Waals surface area contributed by atoms with Crippen molar-refractivity contribution in [3.05, 3.63) is 0 Å². The number of ether oxygens (including phenoxy) is 1. The van der Waals surface area contributed by atoms with Crippen LogP contribution < -0.4 is 0 Å². The molecule has 0 radical (unpaired) electrons. The maximum atomic E-state index is 5.46. The molecule has 3 rings (SSSR count). The number of fused-ring (bicyclic) bond motifs is 2. The lowest BCUT2D eigenvalue weighted by Gasteiger charge is -2.38. The van der Waals surface area contributed by atoms with Crippen LogP contribution in [0.3, 0.4) is 0 Å². The van der Waals surface area contributed by atoms with Gasteiger partial charge < -0.3 is 4.74 Å². The second-order valence-corrected chi connectivity index (χ2v) is 3.78. The molecule has 0 aromatic rings. The highest BCUT2D eigenvalue weighted by Gasteiger charge is 2.50. The SMILES string of the molecule is C1CC2CC3OC3CC12. The molecule has 2 aliphatic carbocycles. The number of epoxide rings is 1. The number of hydrogen-bond donors (Lipinski definition) is 0. The highest BCUT2D eigenvalue weighted by molar-refractivity contribution is 4.99. The largest absolute Gasteiger partial charge is 0.370 e. The van der Waals surface area contributed by atoms with Crippen molar-refractivity contribution in [2.75, 3.05) is 0 Å². The molecule has 0 aromatic heterocycles. The first kappa shape index (κ1) is 4.73. The van der Waals surface area contributed by atoms with E-state index < -0.39 is 0 Å².